The molecule has 0 bridgehead atoms. The minimum Gasteiger partial charge on any atom is -0.365 e. The number of benzene rings is 1. The normalized spacial score (nSPS) is 15.1. The van der Waals surface area contributed by atoms with Gasteiger partial charge in [-0.2, -0.15) is 0 Å². The molecule has 37 heavy (non-hydrogen) atoms. The predicted molar refractivity (Wildman–Crippen MR) is 139 cm³/mol. The van der Waals surface area contributed by atoms with Crippen LogP contribution in [0.25, 0.3) is 0 Å². The lowest BCUT2D eigenvalue weighted by Gasteiger charge is -2.38. The van der Waals surface area contributed by atoms with Crippen molar-refractivity contribution < 1.29 is 17.8 Å². The Kier molecular flexibility index (Phi) is 7.42. The van der Waals surface area contributed by atoms with Gasteiger partial charge in [0.15, 0.2) is 22.8 Å². The highest BCUT2D eigenvalue weighted by Crippen LogP contribution is 2.31. The second-order valence-corrected chi connectivity index (χ2v) is 10.4. The van der Waals surface area contributed by atoms with Crippen LogP contribution in [0.1, 0.15) is 53.2 Å². The lowest BCUT2D eigenvalue weighted by Crippen LogP contribution is -2.50. The van der Waals surface area contributed by atoms with Crippen LogP contribution in [-0.4, -0.2) is 25.2 Å². The standard InChI is InChI=1S/C25H28F2N6O3S/c1-14-5-6-19(18(26)11-14)30-23-17(21(28)34)13-16(24(35)33(23)3)12-15-7-10-29-22(20(15)27)31-37(36)32-25(2)8-4-9-25/h5-7,10-11,13,30,32H,4,8-9,12H2,1-3H3,(H2,28,34)(H,29,31). The lowest BCUT2D eigenvalue weighted by atomic mass is 9.80. The van der Waals surface area contributed by atoms with Crippen molar-refractivity contribution in [3.05, 3.63) is 80.8 Å². The van der Waals surface area contributed by atoms with Crippen LogP contribution in [0.5, 0.6) is 0 Å². The van der Waals surface area contributed by atoms with Gasteiger partial charge in [0.05, 0.1) is 11.3 Å². The lowest BCUT2D eigenvalue weighted by molar-refractivity contribution is 0.100. The number of carbonyl (C=O) groups excluding carboxylic acids is 1. The first kappa shape index (κ1) is 26.4. The third-order valence-corrected chi connectivity index (χ3v) is 7.52. The molecular formula is C25H28F2N6O3S. The Balaban J connectivity index is 1.63. The highest BCUT2D eigenvalue weighted by atomic mass is 32.2. The van der Waals surface area contributed by atoms with Gasteiger partial charge in [-0.1, -0.05) is 6.07 Å². The van der Waals surface area contributed by atoms with Gasteiger partial charge in [-0.15, -0.1) is 0 Å². The molecule has 1 amide bonds. The zero-order chi connectivity index (χ0) is 26.9. The molecule has 0 saturated heterocycles. The third kappa shape index (κ3) is 5.70. The molecule has 0 radical (unpaired) electrons. The first-order valence-corrected chi connectivity index (χ1v) is 12.8. The molecule has 2 aromatic heterocycles. The monoisotopic (exact) mass is 530 g/mol. The maximum Gasteiger partial charge on any atom is 0.255 e. The molecule has 9 nitrogen and oxygen atoms in total. The maximum absolute atomic E-state index is 15.2. The number of hydrogen-bond donors (Lipinski definition) is 4. The van der Waals surface area contributed by atoms with Crippen LogP contribution >= 0.6 is 0 Å². The van der Waals surface area contributed by atoms with E-state index < -0.39 is 34.3 Å². The molecule has 0 aliphatic heterocycles. The first-order chi connectivity index (χ1) is 17.5. The number of rotatable bonds is 9. The molecule has 5 N–H and O–H groups in total. The largest absolute Gasteiger partial charge is 0.365 e. The van der Waals surface area contributed by atoms with Crippen molar-refractivity contribution in [1.29, 1.82) is 0 Å². The number of nitrogens with one attached hydrogen (secondary N) is 3. The number of aryl methyl sites for hydroxylation is 1. The Morgan fingerprint density at radius 1 is 1.22 bits per heavy atom. The second kappa shape index (κ2) is 10.4. The van der Waals surface area contributed by atoms with Crippen molar-refractivity contribution in [3.63, 3.8) is 0 Å². The summed E-state index contributed by atoms with van der Waals surface area (Å²) in [6, 6.07) is 7.13. The number of hydrogen-bond acceptors (Lipinski definition) is 5. The zero-order valence-corrected chi connectivity index (χ0v) is 21.5. The molecule has 2 heterocycles. The smallest absolute Gasteiger partial charge is 0.255 e. The van der Waals surface area contributed by atoms with E-state index in [-0.39, 0.29) is 46.0 Å². The predicted octanol–water partition coefficient (Wildman–Crippen LogP) is 3.32. The number of nitrogens with zero attached hydrogens (tertiary/aromatic N) is 2. The van der Waals surface area contributed by atoms with E-state index in [1.54, 1.807) is 13.0 Å². The maximum atomic E-state index is 15.2. The third-order valence-electron chi connectivity index (χ3n) is 6.47. The van der Waals surface area contributed by atoms with Crippen LogP contribution in [0.3, 0.4) is 0 Å². The Hall–Kier alpha value is -3.64. The number of amides is 1. The molecule has 1 fully saturated rings. The molecule has 1 aliphatic carbocycles. The van der Waals surface area contributed by atoms with Crippen LogP contribution in [0.2, 0.25) is 0 Å². The van der Waals surface area contributed by atoms with E-state index >= 15 is 4.39 Å². The van der Waals surface area contributed by atoms with Crippen molar-refractivity contribution in [2.45, 2.75) is 45.1 Å². The summed E-state index contributed by atoms with van der Waals surface area (Å²) in [6.45, 7) is 3.67. The van der Waals surface area contributed by atoms with Gasteiger partial charge in [0.25, 0.3) is 11.5 Å². The van der Waals surface area contributed by atoms with Crippen molar-refractivity contribution in [1.82, 2.24) is 14.3 Å². The molecule has 4 rings (SSSR count). The molecule has 196 valence electrons. The Bertz CT molecular complexity index is 1460. The van der Waals surface area contributed by atoms with Crippen molar-refractivity contribution in [2.24, 2.45) is 12.8 Å². The van der Waals surface area contributed by atoms with Gasteiger partial charge in [-0.3, -0.25) is 18.9 Å². The molecule has 1 saturated carbocycles. The summed E-state index contributed by atoms with van der Waals surface area (Å²) in [6.07, 6.45) is 3.90. The minimum atomic E-state index is -1.77. The summed E-state index contributed by atoms with van der Waals surface area (Å²) in [5.74, 6) is -2.42. The van der Waals surface area contributed by atoms with Crippen LogP contribution in [0.4, 0.5) is 26.1 Å². The molecule has 1 aliphatic rings. The van der Waals surface area contributed by atoms with Gasteiger partial charge in [0.2, 0.25) is 0 Å². The molecule has 12 heteroatoms. The van der Waals surface area contributed by atoms with E-state index in [9.17, 15) is 18.2 Å². The number of halogens is 2. The molecule has 0 spiro atoms. The van der Waals surface area contributed by atoms with Gasteiger partial charge in [0, 0.05) is 30.8 Å². The fraction of sp³-hybridized carbons (Fsp3) is 0.320. The molecule has 3 aromatic rings. The van der Waals surface area contributed by atoms with Crippen LogP contribution in [0, 0.1) is 18.6 Å². The Morgan fingerprint density at radius 3 is 2.57 bits per heavy atom. The highest BCUT2D eigenvalue weighted by molar-refractivity contribution is 7.84. The van der Waals surface area contributed by atoms with E-state index in [1.165, 1.54) is 37.5 Å². The number of carbonyl (C=O) groups is 1. The van der Waals surface area contributed by atoms with E-state index in [1.807, 2.05) is 6.92 Å². The summed E-state index contributed by atoms with van der Waals surface area (Å²) in [5, 5.41) is 2.77. The molecule has 1 atom stereocenters. The van der Waals surface area contributed by atoms with Gasteiger partial charge < -0.3 is 11.1 Å². The van der Waals surface area contributed by atoms with Crippen LogP contribution in [0.15, 0.2) is 41.3 Å². The zero-order valence-electron chi connectivity index (χ0n) is 20.7. The first-order valence-electron chi connectivity index (χ1n) is 11.6. The quantitative estimate of drug-likeness (QED) is 0.337. The van der Waals surface area contributed by atoms with E-state index in [0.29, 0.717) is 5.56 Å². The Morgan fingerprint density at radius 2 is 1.95 bits per heavy atom. The van der Waals surface area contributed by atoms with Gasteiger partial charge in [-0.25, -0.2) is 22.7 Å². The fourth-order valence-corrected chi connectivity index (χ4v) is 5.18. The van der Waals surface area contributed by atoms with E-state index in [4.69, 9.17) is 5.73 Å². The van der Waals surface area contributed by atoms with Gasteiger partial charge >= 0.3 is 0 Å². The highest BCUT2D eigenvalue weighted by Gasteiger charge is 2.33. The molecule has 1 aromatic carbocycles. The van der Waals surface area contributed by atoms with Crippen molar-refractivity contribution in [2.75, 3.05) is 10.0 Å². The summed E-state index contributed by atoms with van der Waals surface area (Å²) < 4.78 is 48.7. The average Bonchev–Trinajstić information content (AvgIpc) is 2.81. The number of aromatic nitrogens is 2. The van der Waals surface area contributed by atoms with E-state index in [0.717, 1.165) is 23.8 Å². The van der Waals surface area contributed by atoms with Crippen LogP contribution in [-0.2, 0) is 24.6 Å². The molecular weight excluding hydrogens is 502 g/mol. The second-order valence-electron chi connectivity index (χ2n) is 9.47. The van der Waals surface area contributed by atoms with Crippen molar-refractivity contribution in [3.8, 4) is 0 Å². The molecule has 1 unspecified atom stereocenters. The number of nitrogens with two attached hydrogens (primary N) is 1. The average molecular weight is 531 g/mol. The number of primary amides is 1. The van der Waals surface area contributed by atoms with Gasteiger partial charge in [0.1, 0.15) is 11.6 Å². The minimum absolute atomic E-state index is 0.00696. The summed E-state index contributed by atoms with van der Waals surface area (Å²) in [4.78, 5) is 29.3. The Labute approximate surface area is 215 Å². The SMILES string of the molecule is Cc1ccc(Nc2c(C(N)=O)cc(Cc3ccnc(NS(=O)NC4(C)CCC4)c3F)c(=O)n2C)c(F)c1. The fourth-order valence-electron chi connectivity index (χ4n) is 4.16. The number of anilines is 3. The summed E-state index contributed by atoms with van der Waals surface area (Å²) in [5.41, 5.74) is 5.63. The van der Waals surface area contributed by atoms with E-state index in [2.05, 4.69) is 19.7 Å². The summed E-state index contributed by atoms with van der Waals surface area (Å²) >= 11 is -1.77. The summed E-state index contributed by atoms with van der Waals surface area (Å²) in [7, 11) is 1.40. The topological polar surface area (TPSA) is 131 Å². The van der Waals surface area contributed by atoms with Crippen LogP contribution < -0.4 is 26.1 Å². The van der Waals surface area contributed by atoms with Crippen molar-refractivity contribution >= 4 is 34.4 Å². The number of pyridine rings is 2. The van der Waals surface area contributed by atoms with Gasteiger partial charge in [-0.05, 0) is 68.5 Å².